The zero-order chi connectivity index (χ0) is 9.26. The van der Waals surface area contributed by atoms with Crippen LogP contribution in [0.25, 0.3) is 0 Å². The molecule has 2 rings (SSSR count). The maximum absolute atomic E-state index is 11.2. The summed E-state index contributed by atoms with van der Waals surface area (Å²) < 4.78 is 0. The van der Waals surface area contributed by atoms with Crippen molar-refractivity contribution in [3.8, 4) is 0 Å². The van der Waals surface area contributed by atoms with Gasteiger partial charge in [-0.05, 0) is 23.3 Å². The molecule has 0 spiro atoms. The van der Waals surface area contributed by atoms with Gasteiger partial charge in [-0.3, -0.25) is 4.79 Å². The van der Waals surface area contributed by atoms with Gasteiger partial charge >= 0.3 is 0 Å². The minimum absolute atomic E-state index is 0.0486. The van der Waals surface area contributed by atoms with E-state index in [0.29, 0.717) is 5.82 Å². The first-order valence-corrected chi connectivity index (χ1v) is 4.30. The molecule has 13 heavy (non-hydrogen) atoms. The standard InChI is InChI=1S/C7H11N5O/c1-5(13)12-4-2-3-6(12)7-8-10-11-9-7/h6H,2-4H2,1H3,(H,8,9,10,11)/t6-/m0/s1. The molecule has 1 aromatic heterocycles. The van der Waals surface area contributed by atoms with Crippen molar-refractivity contribution in [3.63, 3.8) is 0 Å². The van der Waals surface area contributed by atoms with Crippen molar-refractivity contribution in [1.29, 1.82) is 0 Å². The van der Waals surface area contributed by atoms with E-state index < -0.39 is 0 Å². The van der Waals surface area contributed by atoms with Crippen molar-refractivity contribution in [1.82, 2.24) is 25.5 Å². The van der Waals surface area contributed by atoms with Crippen molar-refractivity contribution in [2.75, 3.05) is 6.54 Å². The lowest BCUT2D eigenvalue weighted by Crippen LogP contribution is -2.28. The van der Waals surface area contributed by atoms with Gasteiger partial charge in [-0.15, -0.1) is 5.10 Å². The molecule has 1 N–H and O–H groups in total. The average Bonchev–Trinajstić information content (AvgIpc) is 2.74. The van der Waals surface area contributed by atoms with E-state index in [2.05, 4.69) is 20.6 Å². The zero-order valence-corrected chi connectivity index (χ0v) is 7.40. The Balaban J connectivity index is 2.19. The Bertz CT molecular complexity index is 296. The third kappa shape index (κ3) is 1.39. The number of carbonyl (C=O) groups is 1. The number of hydrogen-bond donors (Lipinski definition) is 1. The molecule has 70 valence electrons. The monoisotopic (exact) mass is 181 g/mol. The number of nitrogens with zero attached hydrogens (tertiary/aromatic N) is 4. The molecule has 1 saturated heterocycles. The Labute approximate surface area is 75.3 Å². The number of aromatic nitrogens is 4. The van der Waals surface area contributed by atoms with E-state index in [1.807, 2.05) is 0 Å². The molecule has 1 amide bonds. The Morgan fingerprint density at radius 3 is 3.15 bits per heavy atom. The quantitative estimate of drug-likeness (QED) is 0.655. The first-order chi connectivity index (χ1) is 6.29. The molecule has 6 nitrogen and oxygen atoms in total. The minimum Gasteiger partial charge on any atom is -0.333 e. The third-order valence-electron chi connectivity index (χ3n) is 2.33. The predicted octanol–water partition coefficient (Wildman–Crippen LogP) is -0.117. The van der Waals surface area contributed by atoms with Gasteiger partial charge in [0.2, 0.25) is 5.91 Å². The number of amides is 1. The molecular weight excluding hydrogens is 170 g/mol. The summed E-state index contributed by atoms with van der Waals surface area (Å²) in [5.41, 5.74) is 0. The van der Waals surface area contributed by atoms with Crippen LogP contribution in [0.15, 0.2) is 0 Å². The number of likely N-dealkylation sites (tertiary alicyclic amines) is 1. The number of nitrogens with one attached hydrogen (secondary N) is 1. The van der Waals surface area contributed by atoms with Gasteiger partial charge in [-0.2, -0.15) is 0 Å². The van der Waals surface area contributed by atoms with Gasteiger partial charge in [-0.1, -0.05) is 0 Å². The van der Waals surface area contributed by atoms with E-state index in [9.17, 15) is 4.79 Å². The van der Waals surface area contributed by atoms with Crippen LogP contribution in [0, 0.1) is 0 Å². The molecule has 6 heteroatoms. The van der Waals surface area contributed by atoms with Crippen LogP contribution >= 0.6 is 0 Å². The van der Waals surface area contributed by atoms with Crippen LogP contribution < -0.4 is 0 Å². The molecule has 1 atom stereocenters. The molecule has 0 radical (unpaired) electrons. The Morgan fingerprint density at radius 1 is 1.69 bits per heavy atom. The van der Waals surface area contributed by atoms with Crippen molar-refractivity contribution in [3.05, 3.63) is 5.82 Å². The molecule has 1 aromatic rings. The molecule has 0 unspecified atom stereocenters. The lowest BCUT2D eigenvalue weighted by Gasteiger charge is -2.20. The Kier molecular flexibility index (Phi) is 1.96. The summed E-state index contributed by atoms with van der Waals surface area (Å²) in [6.45, 7) is 2.38. The molecule has 0 bridgehead atoms. The smallest absolute Gasteiger partial charge is 0.220 e. The summed E-state index contributed by atoms with van der Waals surface area (Å²) in [7, 11) is 0. The van der Waals surface area contributed by atoms with E-state index in [1.165, 1.54) is 0 Å². The fourth-order valence-electron chi connectivity index (χ4n) is 1.74. The van der Waals surface area contributed by atoms with Gasteiger partial charge in [0, 0.05) is 13.5 Å². The highest BCUT2D eigenvalue weighted by molar-refractivity contribution is 5.74. The molecule has 1 aliphatic rings. The largest absolute Gasteiger partial charge is 0.333 e. The maximum Gasteiger partial charge on any atom is 0.220 e. The second kappa shape index (κ2) is 3.12. The highest BCUT2D eigenvalue weighted by atomic mass is 16.2. The summed E-state index contributed by atoms with van der Waals surface area (Å²) >= 11 is 0. The third-order valence-corrected chi connectivity index (χ3v) is 2.33. The summed E-state index contributed by atoms with van der Waals surface area (Å²) in [6, 6.07) is 0.0486. The van der Waals surface area contributed by atoms with Crippen molar-refractivity contribution >= 4 is 5.91 Å². The molecule has 2 heterocycles. The van der Waals surface area contributed by atoms with Crippen LogP contribution in [0.5, 0.6) is 0 Å². The maximum atomic E-state index is 11.2. The van der Waals surface area contributed by atoms with Crippen LogP contribution in [-0.2, 0) is 4.79 Å². The van der Waals surface area contributed by atoms with E-state index in [0.717, 1.165) is 19.4 Å². The highest BCUT2D eigenvalue weighted by Crippen LogP contribution is 2.28. The lowest BCUT2D eigenvalue weighted by atomic mass is 10.2. The van der Waals surface area contributed by atoms with Crippen LogP contribution in [0.4, 0.5) is 0 Å². The predicted molar refractivity (Wildman–Crippen MR) is 43.5 cm³/mol. The van der Waals surface area contributed by atoms with Crippen molar-refractivity contribution < 1.29 is 4.79 Å². The normalized spacial score (nSPS) is 22.2. The number of H-pyrrole nitrogens is 1. The average molecular weight is 181 g/mol. The summed E-state index contributed by atoms with van der Waals surface area (Å²) in [4.78, 5) is 13.0. The molecule has 0 saturated carbocycles. The number of rotatable bonds is 1. The lowest BCUT2D eigenvalue weighted by molar-refractivity contribution is -0.129. The molecule has 0 aromatic carbocycles. The van der Waals surface area contributed by atoms with Crippen LogP contribution in [0.1, 0.15) is 31.6 Å². The minimum atomic E-state index is 0.0486. The SMILES string of the molecule is CC(=O)N1CCC[C@H]1c1nnn[nH]1. The first-order valence-electron chi connectivity index (χ1n) is 4.30. The van der Waals surface area contributed by atoms with Gasteiger partial charge in [-0.25, -0.2) is 5.10 Å². The molecular formula is C7H11N5O. The molecule has 0 aliphatic carbocycles. The Morgan fingerprint density at radius 2 is 2.54 bits per heavy atom. The van der Waals surface area contributed by atoms with Gasteiger partial charge in [0.1, 0.15) is 0 Å². The number of aromatic amines is 1. The van der Waals surface area contributed by atoms with E-state index in [-0.39, 0.29) is 11.9 Å². The van der Waals surface area contributed by atoms with Gasteiger partial charge in [0.05, 0.1) is 6.04 Å². The van der Waals surface area contributed by atoms with E-state index in [4.69, 9.17) is 0 Å². The van der Waals surface area contributed by atoms with Crippen LogP contribution in [0.2, 0.25) is 0 Å². The second-order valence-corrected chi connectivity index (χ2v) is 3.16. The topological polar surface area (TPSA) is 74.8 Å². The number of tetrazole rings is 1. The van der Waals surface area contributed by atoms with Crippen LogP contribution in [0.3, 0.4) is 0 Å². The first kappa shape index (κ1) is 8.15. The summed E-state index contributed by atoms with van der Waals surface area (Å²) in [6.07, 6.45) is 1.96. The molecule has 1 fully saturated rings. The fourth-order valence-corrected chi connectivity index (χ4v) is 1.74. The summed E-state index contributed by atoms with van der Waals surface area (Å²) in [5, 5.41) is 13.5. The Hall–Kier alpha value is -1.46. The summed E-state index contributed by atoms with van der Waals surface area (Å²) in [5.74, 6) is 0.770. The van der Waals surface area contributed by atoms with Gasteiger partial charge in [0.25, 0.3) is 0 Å². The van der Waals surface area contributed by atoms with E-state index >= 15 is 0 Å². The second-order valence-electron chi connectivity index (χ2n) is 3.16. The van der Waals surface area contributed by atoms with Crippen molar-refractivity contribution in [2.45, 2.75) is 25.8 Å². The zero-order valence-electron chi connectivity index (χ0n) is 7.40. The fraction of sp³-hybridized carbons (Fsp3) is 0.714. The molecule has 1 aliphatic heterocycles. The highest BCUT2D eigenvalue weighted by Gasteiger charge is 2.30. The number of carbonyl (C=O) groups excluding carboxylic acids is 1. The van der Waals surface area contributed by atoms with Gasteiger partial charge in [0.15, 0.2) is 5.82 Å². The van der Waals surface area contributed by atoms with Crippen LogP contribution in [-0.4, -0.2) is 38.0 Å². The number of hydrogen-bond acceptors (Lipinski definition) is 4. The van der Waals surface area contributed by atoms with E-state index in [1.54, 1.807) is 11.8 Å². The van der Waals surface area contributed by atoms with Crippen molar-refractivity contribution in [2.24, 2.45) is 0 Å². The van der Waals surface area contributed by atoms with Gasteiger partial charge < -0.3 is 4.90 Å².